The van der Waals surface area contributed by atoms with Crippen molar-refractivity contribution >= 4 is 5.97 Å². The number of rotatable bonds is 5. The molecule has 1 N–H and O–H groups in total. The van der Waals surface area contributed by atoms with Gasteiger partial charge in [-0.25, -0.2) is 9.18 Å². The molecule has 0 aliphatic rings. The van der Waals surface area contributed by atoms with Crippen LogP contribution in [0.4, 0.5) is 4.39 Å². The van der Waals surface area contributed by atoms with E-state index in [0.29, 0.717) is 6.54 Å². The van der Waals surface area contributed by atoms with Gasteiger partial charge in [-0.3, -0.25) is 4.90 Å². The zero-order valence-corrected chi connectivity index (χ0v) is 11.2. The van der Waals surface area contributed by atoms with Crippen molar-refractivity contribution in [2.24, 2.45) is 0 Å². The van der Waals surface area contributed by atoms with Crippen LogP contribution in [0.2, 0.25) is 0 Å². The molecule has 0 fully saturated rings. The van der Waals surface area contributed by atoms with Crippen LogP contribution in [0.3, 0.4) is 0 Å². The molecule has 0 aliphatic heterocycles. The normalized spacial score (nSPS) is 10.8. The number of hydrogen-bond acceptors (Lipinski definition) is 2. The van der Waals surface area contributed by atoms with E-state index in [0.717, 1.165) is 12.1 Å². The van der Waals surface area contributed by atoms with Crippen molar-refractivity contribution in [3.05, 3.63) is 71.0 Å². The molecular weight excluding hydrogens is 257 g/mol. The van der Waals surface area contributed by atoms with Crippen LogP contribution in [0, 0.1) is 5.82 Å². The van der Waals surface area contributed by atoms with E-state index in [1.165, 1.54) is 17.7 Å². The van der Waals surface area contributed by atoms with Crippen molar-refractivity contribution in [1.29, 1.82) is 0 Å². The molecule has 4 heteroatoms. The second kappa shape index (κ2) is 6.30. The molecule has 2 aromatic rings. The number of benzene rings is 2. The highest BCUT2D eigenvalue weighted by Gasteiger charge is 2.11. The second-order valence-corrected chi connectivity index (χ2v) is 4.78. The summed E-state index contributed by atoms with van der Waals surface area (Å²) in [6.45, 7) is 1.31. The Balaban J connectivity index is 2.03. The molecule has 0 aromatic heterocycles. The Morgan fingerprint density at radius 1 is 1.10 bits per heavy atom. The third-order valence-corrected chi connectivity index (χ3v) is 3.01. The molecule has 0 bridgehead atoms. The molecule has 2 aromatic carbocycles. The van der Waals surface area contributed by atoms with Crippen LogP contribution < -0.4 is 0 Å². The Bertz CT molecular complexity index is 599. The van der Waals surface area contributed by atoms with Gasteiger partial charge >= 0.3 is 5.97 Å². The predicted molar refractivity (Wildman–Crippen MR) is 75.0 cm³/mol. The number of hydrogen-bond donors (Lipinski definition) is 1. The van der Waals surface area contributed by atoms with Crippen LogP contribution in [0.1, 0.15) is 21.5 Å². The third-order valence-electron chi connectivity index (χ3n) is 3.01. The van der Waals surface area contributed by atoms with E-state index in [1.54, 1.807) is 6.07 Å². The first-order chi connectivity index (χ1) is 9.56. The lowest BCUT2D eigenvalue weighted by atomic mass is 10.1. The fraction of sp³-hybridized carbons (Fsp3) is 0.188. The van der Waals surface area contributed by atoms with Gasteiger partial charge in [0.2, 0.25) is 0 Å². The first-order valence-electron chi connectivity index (χ1n) is 6.30. The molecule has 2 rings (SSSR count). The van der Waals surface area contributed by atoms with E-state index >= 15 is 0 Å². The Kier molecular flexibility index (Phi) is 4.48. The van der Waals surface area contributed by atoms with Gasteiger partial charge in [0.1, 0.15) is 5.82 Å². The SMILES string of the molecule is CN(Cc1ccccc1)Cc1ccc(C(=O)O)c(F)c1. The molecule has 0 saturated carbocycles. The molecule has 0 spiro atoms. The Labute approximate surface area is 117 Å². The lowest BCUT2D eigenvalue weighted by Crippen LogP contribution is -2.17. The summed E-state index contributed by atoms with van der Waals surface area (Å²) >= 11 is 0. The largest absolute Gasteiger partial charge is 0.478 e. The molecule has 0 aliphatic carbocycles. The van der Waals surface area contributed by atoms with E-state index in [9.17, 15) is 9.18 Å². The van der Waals surface area contributed by atoms with Gasteiger partial charge in [0.05, 0.1) is 5.56 Å². The smallest absolute Gasteiger partial charge is 0.338 e. The van der Waals surface area contributed by atoms with E-state index < -0.39 is 11.8 Å². The fourth-order valence-electron chi connectivity index (χ4n) is 2.09. The van der Waals surface area contributed by atoms with Gasteiger partial charge < -0.3 is 5.11 Å². The highest BCUT2D eigenvalue weighted by molar-refractivity contribution is 5.87. The van der Waals surface area contributed by atoms with Gasteiger partial charge in [0.25, 0.3) is 0 Å². The standard InChI is InChI=1S/C16H16FNO2/c1-18(10-12-5-3-2-4-6-12)11-13-7-8-14(16(19)20)15(17)9-13/h2-9H,10-11H2,1H3,(H,19,20). The fourth-order valence-corrected chi connectivity index (χ4v) is 2.09. The van der Waals surface area contributed by atoms with Crippen molar-refractivity contribution in [3.63, 3.8) is 0 Å². The number of aromatic carboxylic acids is 1. The van der Waals surface area contributed by atoms with Crippen molar-refractivity contribution < 1.29 is 14.3 Å². The monoisotopic (exact) mass is 273 g/mol. The van der Waals surface area contributed by atoms with Gasteiger partial charge in [-0.2, -0.15) is 0 Å². The summed E-state index contributed by atoms with van der Waals surface area (Å²) in [5, 5.41) is 8.78. The van der Waals surface area contributed by atoms with Crippen molar-refractivity contribution in [1.82, 2.24) is 4.90 Å². The van der Waals surface area contributed by atoms with Gasteiger partial charge in [-0.1, -0.05) is 36.4 Å². The molecule has 0 heterocycles. The van der Waals surface area contributed by atoms with Crippen molar-refractivity contribution in [3.8, 4) is 0 Å². The summed E-state index contributed by atoms with van der Waals surface area (Å²) in [6, 6.07) is 14.2. The van der Waals surface area contributed by atoms with Gasteiger partial charge in [0, 0.05) is 13.1 Å². The summed E-state index contributed by atoms with van der Waals surface area (Å²) in [7, 11) is 1.94. The van der Waals surface area contributed by atoms with Crippen molar-refractivity contribution in [2.75, 3.05) is 7.05 Å². The second-order valence-electron chi connectivity index (χ2n) is 4.78. The summed E-state index contributed by atoms with van der Waals surface area (Å²) in [5.41, 5.74) is 1.64. The summed E-state index contributed by atoms with van der Waals surface area (Å²) in [6.07, 6.45) is 0. The molecule has 0 radical (unpaired) electrons. The lowest BCUT2D eigenvalue weighted by molar-refractivity contribution is 0.0692. The highest BCUT2D eigenvalue weighted by Crippen LogP contribution is 2.13. The minimum Gasteiger partial charge on any atom is -0.478 e. The number of carbonyl (C=O) groups is 1. The molecule has 0 saturated heterocycles. The van der Waals surface area contributed by atoms with Crippen LogP contribution in [-0.4, -0.2) is 23.0 Å². The van der Waals surface area contributed by atoms with E-state index in [2.05, 4.69) is 0 Å². The Morgan fingerprint density at radius 2 is 1.75 bits per heavy atom. The average Bonchev–Trinajstić information content (AvgIpc) is 2.39. The van der Waals surface area contributed by atoms with Crippen molar-refractivity contribution in [2.45, 2.75) is 13.1 Å². The van der Waals surface area contributed by atoms with Gasteiger partial charge in [-0.05, 0) is 30.3 Å². The highest BCUT2D eigenvalue weighted by atomic mass is 19.1. The summed E-state index contributed by atoms with van der Waals surface area (Å²) < 4.78 is 13.6. The minimum absolute atomic E-state index is 0.292. The zero-order valence-electron chi connectivity index (χ0n) is 11.2. The molecule has 104 valence electrons. The topological polar surface area (TPSA) is 40.5 Å². The van der Waals surface area contributed by atoms with E-state index in [1.807, 2.05) is 42.3 Å². The number of halogens is 1. The molecule has 0 amide bonds. The summed E-state index contributed by atoms with van der Waals surface area (Å²) in [4.78, 5) is 12.8. The van der Waals surface area contributed by atoms with E-state index in [4.69, 9.17) is 5.11 Å². The summed E-state index contributed by atoms with van der Waals surface area (Å²) in [5.74, 6) is -1.94. The van der Waals surface area contributed by atoms with Crippen LogP contribution in [-0.2, 0) is 13.1 Å². The van der Waals surface area contributed by atoms with Crippen LogP contribution in [0.5, 0.6) is 0 Å². The quantitative estimate of drug-likeness (QED) is 0.909. The number of carboxylic acids is 1. The lowest BCUT2D eigenvalue weighted by Gasteiger charge is -2.17. The maximum Gasteiger partial charge on any atom is 0.338 e. The third kappa shape index (κ3) is 3.65. The molecular formula is C16H16FNO2. The van der Waals surface area contributed by atoms with Crippen LogP contribution >= 0.6 is 0 Å². The van der Waals surface area contributed by atoms with Gasteiger partial charge in [0.15, 0.2) is 0 Å². The Morgan fingerprint density at radius 3 is 2.35 bits per heavy atom. The number of carboxylic acid groups (broad SMARTS) is 1. The first-order valence-corrected chi connectivity index (χ1v) is 6.30. The predicted octanol–water partition coefficient (Wildman–Crippen LogP) is 3.16. The maximum atomic E-state index is 13.6. The van der Waals surface area contributed by atoms with Crippen LogP contribution in [0.15, 0.2) is 48.5 Å². The molecule has 0 atom stereocenters. The molecule has 3 nitrogen and oxygen atoms in total. The average molecular weight is 273 g/mol. The number of nitrogens with zero attached hydrogens (tertiary/aromatic N) is 1. The maximum absolute atomic E-state index is 13.6. The molecule has 0 unspecified atom stereocenters. The van der Waals surface area contributed by atoms with Crippen LogP contribution in [0.25, 0.3) is 0 Å². The molecule has 20 heavy (non-hydrogen) atoms. The van der Waals surface area contributed by atoms with Gasteiger partial charge in [-0.15, -0.1) is 0 Å². The zero-order chi connectivity index (χ0) is 14.5. The first kappa shape index (κ1) is 14.2. The Hall–Kier alpha value is -2.20. The minimum atomic E-state index is -1.24. The van der Waals surface area contributed by atoms with E-state index in [-0.39, 0.29) is 5.56 Å².